The molecule has 1 N–H and O–H groups in total. The van der Waals surface area contributed by atoms with Gasteiger partial charge < -0.3 is 14.8 Å². The van der Waals surface area contributed by atoms with Gasteiger partial charge in [-0.15, -0.1) is 0 Å². The van der Waals surface area contributed by atoms with Crippen molar-refractivity contribution in [1.29, 1.82) is 0 Å². The van der Waals surface area contributed by atoms with Crippen LogP contribution in [0.1, 0.15) is 29.7 Å². The molecular weight excluding hydrogens is 250 g/mol. The lowest BCUT2D eigenvalue weighted by Crippen LogP contribution is -2.26. The van der Waals surface area contributed by atoms with E-state index in [9.17, 15) is 0 Å². The average molecular weight is 269 g/mol. The monoisotopic (exact) mass is 269 g/mol. The highest BCUT2D eigenvalue weighted by atomic mass is 16.5. The van der Waals surface area contributed by atoms with Crippen molar-refractivity contribution in [3.05, 3.63) is 59.7 Å². The molecule has 0 aliphatic carbocycles. The normalized spacial score (nSPS) is 20.9. The van der Waals surface area contributed by atoms with Gasteiger partial charge in [0, 0.05) is 23.6 Å². The Morgan fingerprint density at radius 1 is 1.05 bits per heavy atom. The maximum atomic E-state index is 6.17. The van der Waals surface area contributed by atoms with E-state index < -0.39 is 0 Å². The van der Waals surface area contributed by atoms with Gasteiger partial charge in [0.15, 0.2) is 0 Å². The second-order valence-electron chi connectivity index (χ2n) is 4.96. The second-order valence-corrected chi connectivity index (χ2v) is 4.96. The molecule has 1 heterocycles. The second kappa shape index (κ2) is 5.55. The molecule has 2 unspecified atom stereocenters. The largest absolute Gasteiger partial charge is 0.496 e. The molecule has 0 spiro atoms. The van der Waals surface area contributed by atoms with Crippen LogP contribution in [0, 0.1) is 0 Å². The molecule has 3 nitrogen and oxygen atoms in total. The quantitative estimate of drug-likeness (QED) is 0.925. The predicted octanol–water partition coefficient (Wildman–Crippen LogP) is 3.48. The van der Waals surface area contributed by atoms with Crippen LogP contribution < -0.4 is 14.8 Å². The first kappa shape index (κ1) is 13.0. The van der Waals surface area contributed by atoms with Gasteiger partial charge in [-0.2, -0.15) is 0 Å². The predicted molar refractivity (Wildman–Crippen MR) is 79.2 cm³/mol. The van der Waals surface area contributed by atoms with Gasteiger partial charge in [-0.1, -0.05) is 36.4 Å². The molecule has 0 saturated carbocycles. The van der Waals surface area contributed by atoms with Gasteiger partial charge in [-0.3, -0.25) is 0 Å². The van der Waals surface area contributed by atoms with Gasteiger partial charge in [0.1, 0.15) is 17.6 Å². The molecule has 1 aliphatic heterocycles. The molecule has 3 rings (SSSR count). The molecule has 1 aliphatic rings. The van der Waals surface area contributed by atoms with Crippen LogP contribution in [0.25, 0.3) is 0 Å². The van der Waals surface area contributed by atoms with Crippen molar-refractivity contribution in [2.45, 2.75) is 18.6 Å². The summed E-state index contributed by atoms with van der Waals surface area (Å²) in [6.45, 7) is 0. The van der Waals surface area contributed by atoms with Crippen LogP contribution in [0.5, 0.6) is 11.5 Å². The van der Waals surface area contributed by atoms with Crippen molar-refractivity contribution in [1.82, 2.24) is 5.32 Å². The van der Waals surface area contributed by atoms with E-state index in [4.69, 9.17) is 9.47 Å². The average Bonchev–Trinajstić information content (AvgIpc) is 2.53. The minimum absolute atomic E-state index is 0.0125. The highest BCUT2D eigenvalue weighted by molar-refractivity contribution is 5.42. The lowest BCUT2D eigenvalue weighted by atomic mass is 9.92. The van der Waals surface area contributed by atoms with Gasteiger partial charge in [0.05, 0.1) is 7.11 Å². The summed E-state index contributed by atoms with van der Waals surface area (Å²) in [5.41, 5.74) is 2.32. The Kier molecular flexibility index (Phi) is 3.61. The molecule has 0 amide bonds. The van der Waals surface area contributed by atoms with E-state index in [0.717, 1.165) is 23.5 Å². The van der Waals surface area contributed by atoms with Crippen LogP contribution in [-0.2, 0) is 0 Å². The third-order valence-corrected chi connectivity index (χ3v) is 3.85. The molecular formula is C17H19NO2. The fourth-order valence-corrected chi connectivity index (χ4v) is 2.81. The van der Waals surface area contributed by atoms with Crippen LogP contribution >= 0.6 is 0 Å². The van der Waals surface area contributed by atoms with E-state index in [2.05, 4.69) is 23.5 Å². The lowest BCUT2D eigenvalue weighted by Gasteiger charge is -2.32. The van der Waals surface area contributed by atoms with Crippen LogP contribution in [0.4, 0.5) is 0 Å². The Morgan fingerprint density at radius 2 is 1.75 bits per heavy atom. The van der Waals surface area contributed by atoms with E-state index in [-0.39, 0.29) is 6.10 Å². The summed E-state index contributed by atoms with van der Waals surface area (Å²) in [7, 11) is 3.69. The first-order chi connectivity index (χ1) is 9.83. The van der Waals surface area contributed by atoms with E-state index in [1.165, 1.54) is 5.56 Å². The Labute approximate surface area is 119 Å². The number of fused-ring (bicyclic) bond motifs is 1. The first-order valence-corrected chi connectivity index (χ1v) is 6.89. The minimum Gasteiger partial charge on any atom is -0.496 e. The topological polar surface area (TPSA) is 30.5 Å². The molecule has 0 saturated heterocycles. The number of methoxy groups -OCH3 is 1. The van der Waals surface area contributed by atoms with Crippen LogP contribution in [0.2, 0.25) is 0 Å². The van der Waals surface area contributed by atoms with Gasteiger partial charge in [-0.25, -0.2) is 0 Å². The minimum atomic E-state index is 0.0125. The molecule has 20 heavy (non-hydrogen) atoms. The highest BCUT2D eigenvalue weighted by Crippen LogP contribution is 2.42. The van der Waals surface area contributed by atoms with Crippen molar-refractivity contribution in [2.75, 3.05) is 14.2 Å². The summed E-state index contributed by atoms with van der Waals surface area (Å²) in [5, 5.41) is 3.38. The van der Waals surface area contributed by atoms with Crippen molar-refractivity contribution in [3.63, 3.8) is 0 Å². The summed E-state index contributed by atoms with van der Waals surface area (Å²) in [5.74, 6) is 1.83. The van der Waals surface area contributed by atoms with E-state index in [1.54, 1.807) is 7.11 Å². The number of benzene rings is 2. The Morgan fingerprint density at radius 3 is 2.50 bits per heavy atom. The first-order valence-electron chi connectivity index (χ1n) is 6.89. The van der Waals surface area contributed by atoms with Crippen LogP contribution in [0.15, 0.2) is 48.5 Å². The molecule has 0 fully saturated rings. The molecule has 0 aromatic heterocycles. The fourth-order valence-electron chi connectivity index (χ4n) is 2.81. The summed E-state index contributed by atoms with van der Waals surface area (Å²) >= 11 is 0. The summed E-state index contributed by atoms with van der Waals surface area (Å²) in [6.07, 6.45) is 0.909. The van der Waals surface area contributed by atoms with E-state index in [1.807, 2.05) is 37.4 Å². The molecule has 104 valence electrons. The SMILES string of the molecule is CNC1CC(c2ccccc2OC)Oc2ccccc21. The lowest BCUT2D eigenvalue weighted by molar-refractivity contribution is 0.150. The van der Waals surface area contributed by atoms with Gasteiger partial charge in [0.25, 0.3) is 0 Å². The zero-order valence-corrected chi connectivity index (χ0v) is 11.8. The molecule has 0 bridgehead atoms. The third kappa shape index (κ3) is 2.25. The summed E-state index contributed by atoms with van der Waals surface area (Å²) in [6, 6.07) is 16.6. The molecule has 2 atom stereocenters. The highest BCUT2D eigenvalue weighted by Gasteiger charge is 2.29. The summed E-state index contributed by atoms with van der Waals surface area (Å²) < 4.78 is 11.6. The fraction of sp³-hybridized carbons (Fsp3) is 0.294. The van der Waals surface area contributed by atoms with E-state index >= 15 is 0 Å². The third-order valence-electron chi connectivity index (χ3n) is 3.85. The zero-order chi connectivity index (χ0) is 13.9. The molecule has 3 heteroatoms. The number of rotatable bonds is 3. The number of nitrogens with one attached hydrogen (secondary N) is 1. The zero-order valence-electron chi connectivity index (χ0n) is 11.8. The van der Waals surface area contributed by atoms with Gasteiger partial charge in [0.2, 0.25) is 0 Å². The molecule has 2 aromatic carbocycles. The number of hydrogen-bond donors (Lipinski definition) is 1. The van der Waals surface area contributed by atoms with Crippen molar-refractivity contribution in [2.24, 2.45) is 0 Å². The van der Waals surface area contributed by atoms with Crippen molar-refractivity contribution < 1.29 is 9.47 Å². The van der Waals surface area contributed by atoms with E-state index in [0.29, 0.717) is 6.04 Å². The van der Waals surface area contributed by atoms with Crippen molar-refractivity contribution in [3.8, 4) is 11.5 Å². The number of ether oxygens (including phenoxy) is 2. The molecule has 0 radical (unpaired) electrons. The maximum Gasteiger partial charge on any atom is 0.129 e. The van der Waals surface area contributed by atoms with Crippen molar-refractivity contribution >= 4 is 0 Å². The Hall–Kier alpha value is -2.00. The van der Waals surface area contributed by atoms with Gasteiger partial charge in [-0.05, 0) is 19.2 Å². The number of para-hydroxylation sites is 2. The maximum absolute atomic E-state index is 6.17. The standard InChI is InChI=1S/C17H19NO2/c1-18-14-11-17(13-8-4-5-9-15(13)19-2)20-16-10-6-3-7-12(14)16/h3-10,14,17-18H,11H2,1-2H3. The van der Waals surface area contributed by atoms with Crippen LogP contribution in [0.3, 0.4) is 0 Å². The Bertz CT molecular complexity index is 597. The smallest absolute Gasteiger partial charge is 0.129 e. The van der Waals surface area contributed by atoms with Gasteiger partial charge >= 0.3 is 0 Å². The number of hydrogen-bond acceptors (Lipinski definition) is 3. The summed E-state index contributed by atoms with van der Waals surface area (Å²) in [4.78, 5) is 0. The Balaban J connectivity index is 1.98. The molecule has 2 aromatic rings. The van der Waals surface area contributed by atoms with Crippen LogP contribution in [-0.4, -0.2) is 14.2 Å².